The van der Waals surface area contributed by atoms with Gasteiger partial charge in [0.25, 0.3) is 0 Å². The summed E-state index contributed by atoms with van der Waals surface area (Å²) in [5.74, 6) is 1.51. The number of imidazole rings is 1. The summed E-state index contributed by atoms with van der Waals surface area (Å²) >= 11 is 0. The molecule has 2 heterocycles. The third-order valence-electron chi connectivity index (χ3n) is 2.55. The van der Waals surface area contributed by atoms with Crippen LogP contribution >= 0.6 is 0 Å². The maximum atomic E-state index is 12.1. The largest absolute Gasteiger partial charge is 0.464 e. The lowest BCUT2D eigenvalue weighted by atomic mass is 10.4. The van der Waals surface area contributed by atoms with Crippen LogP contribution in [0.1, 0.15) is 17.3 Å². The number of rotatable bonds is 6. The van der Waals surface area contributed by atoms with E-state index in [2.05, 4.69) is 20.0 Å². The van der Waals surface area contributed by atoms with E-state index in [0.29, 0.717) is 23.9 Å². The summed E-state index contributed by atoms with van der Waals surface area (Å²) in [6.07, 6.45) is 3.20. The van der Waals surface area contributed by atoms with Crippen LogP contribution in [-0.2, 0) is 23.1 Å². The molecule has 2 aromatic rings. The summed E-state index contributed by atoms with van der Waals surface area (Å²) in [6.45, 7) is 2.22. The van der Waals surface area contributed by atoms with Crippen LogP contribution in [0.15, 0.2) is 27.8 Å². The Morgan fingerprint density at radius 2 is 2.21 bits per heavy atom. The van der Waals surface area contributed by atoms with E-state index in [1.807, 2.05) is 0 Å². The highest BCUT2D eigenvalue weighted by atomic mass is 32.2. The van der Waals surface area contributed by atoms with Crippen molar-refractivity contribution in [2.45, 2.75) is 24.9 Å². The average Bonchev–Trinajstić information content (AvgIpc) is 2.97. The van der Waals surface area contributed by atoms with Gasteiger partial charge in [0.05, 0.1) is 13.1 Å². The number of hydrogen-bond donors (Lipinski definition) is 3. The summed E-state index contributed by atoms with van der Waals surface area (Å²) in [7, 11) is -1.83. The zero-order valence-corrected chi connectivity index (χ0v) is 11.5. The molecule has 0 unspecified atom stereocenters. The van der Waals surface area contributed by atoms with E-state index in [0.717, 1.165) is 0 Å². The van der Waals surface area contributed by atoms with Gasteiger partial charge in [0.15, 0.2) is 0 Å². The maximum absolute atomic E-state index is 12.1. The van der Waals surface area contributed by atoms with Gasteiger partial charge in [-0.2, -0.15) is 0 Å². The van der Waals surface area contributed by atoms with E-state index in [1.54, 1.807) is 26.4 Å². The molecule has 2 aromatic heterocycles. The normalized spacial score (nSPS) is 11.9. The quantitative estimate of drug-likeness (QED) is 0.717. The predicted molar refractivity (Wildman–Crippen MR) is 68.8 cm³/mol. The van der Waals surface area contributed by atoms with Crippen molar-refractivity contribution in [3.05, 3.63) is 35.8 Å². The zero-order chi connectivity index (χ0) is 13.9. The Morgan fingerprint density at radius 1 is 1.42 bits per heavy atom. The van der Waals surface area contributed by atoms with Crippen molar-refractivity contribution >= 4 is 10.0 Å². The van der Waals surface area contributed by atoms with Gasteiger partial charge in [-0.3, -0.25) is 0 Å². The first kappa shape index (κ1) is 13.8. The summed E-state index contributed by atoms with van der Waals surface area (Å²) < 4.78 is 32.1. The van der Waals surface area contributed by atoms with E-state index in [1.165, 1.54) is 6.07 Å². The molecule has 7 nitrogen and oxygen atoms in total. The van der Waals surface area contributed by atoms with E-state index < -0.39 is 10.0 Å². The first-order valence-corrected chi connectivity index (χ1v) is 7.23. The Morgan fingerprint density at radius 3 is 2.84 bits per heavy atom. The lowest BCUT2D eigenvalue weighted by Crippen LogP contribution is -2.24. The number of furan rings is 1. The number of H-pyrrole nitrogens is 1. The van der Waals surface area contributed by atoms with Gasteiger partial charge in [-0.25, -0.2) is 18.1 Å². The smallest absolute Gasteiger partial charge is 0.244 e. The minimum atomic E-state index is -3.60. The molecule has 2 rings (SSSR count). The van der Waals surface area contributed by atoms with Gasteiger partial charge in [-0.05, 0) is 14.0 Å². The SMILES string of the molecule is CNCc1cc(S(=O)(=O)NCc2ncc[nH]2)c(C)o1. The minimum Gasteiger partial charge on any atom is -0.464 e. The Bertz CT molecular complexity index is 631. The summed E-state index contributed by atoms with van der Waals surface area (Å²) in [5.41, 5.74) is 0. The van der Waals surface area contributed by atoms with Crippen molar-refractivity contribution in [2.24, 2.45) is 0 Å². The van der Waals surface area contributed by atoms with Crippen molar-refractivity contribution in [2.75, 3.05) is 7.05 Å². The summed E-state index contributed by atoms with van der Waals surface area (Å²) in [4.78, 5) is 6.94. The monoisotopic (exact) mass is 284 g/mol. The Kier molecular flexibility index (Phi) is 4.03. The molecule has 0 aliphatic rings. The topological polar surface area (TPSA) is 100 Å². The van der Waals surface area contributed by atoms with Crippen LogP contribution in [0.2, 0.25) is 0 Å². The molecule has 0 saturated heterocycles. The fourth-order valence-electron chi connectivity index (χ4n) is 1.69. The van der Waals surface area contributed by atoms with Crippen LogP contribution < -0.4 is 10.0 Å². The van der Waals surface area contributed by atoms with Crippen LogP contribution in [0.25, 0.3) is 0 Å². The third-order valence-corrected chi connectivity index (χ3v) is 4.06. The van der Waals surface area contributed by atoms with Gasteiger partial charge >= 0.3 is 0 Å². The lowest BCUT2D eigenvalue weighted by molar-refractivity contribution is 0.465. The Balaban J connectivity index is 2.14. The molecule has 0 fully saturated rings. The maximum Gasteiger partial charge on any atom is 0.244 e. The molecule has 0 amide bonds. The fraction of sp³-hybridized carbons (Fsp3) is 0.364. The van der Waals surface area contributed by atoms with Crippen LogP contribution in [0.4, 0.5) is 0 Å². The first-order valence-electron chi connectivity index (χ1n) is 5.75. The molecular formula is C11H16N4O3S. The number of aromatic nitrogens is 2. The van der Waals surface area contributed by atoms with Gasteiger partial charge < -0.3 is 14.7 Å². The number of hydrogen-bond acceptors (Lipinski definition) is 5. The van der Waals surface area contributed by atoms with Crippen molar-refractivity contribution < 1.29 is 12.8 Å². The number of sulfonamides is 1. The highest BCUT2D eigenvalue weighted by Gasteiger charge is 2.21. The number of aromatic amines is 1. The molecule has 0 aliphatic carbocycles. The highest BCUT2D eigenvalue weighted by Crippen LogP contribution is 2.19. The number of nitrogens with zero attached hydrogens (tertiary/aromatic N) is 1. The third kappa shape index (κ3) is 3.22. The Labute approximate surface area is 111 Å². The summed E-state index contributed by atoms with van der Waals surface area (Å²) in [6, 6.07) is 1.52. The van der Waals surface area contributed by atoms with Gasteiger partial charge in [-0.15, -0.1) is 0 Å². The molecule has 0 saturated carbocycles. The van der Waals surface area contributed by atoms with Crippen molar-refractivity contribution in [3.63, 3.8) is 0 Å². The molecule has 0 atom stereocenters. The second-order valence-electron chi connectivity index (χ2n) is 4.02. The van der Waals surface area contributed by atoms with Gasteiger partial charge in [0.2, 0.25) is 10.0 Å². The second-order valence-corrected chi connectivity index (χ2v) is 5.76. The molecule has 0 radical (unpaired) electrons. The summed E-state index contributed by atoms with van der Waals surface area (Å²) in [5, 5.41) is 2.91. The van der Waals surface area contributed by atoms with E-state index >= 15 is 0 Å². The molecular weight excluding hydrogens is 268 g/mol. The van der Waals surface area contributed by atoms with E-state index in [4.69, 9.17) is 4.42 Å². The number of nitrogens with one attached hydrogen (secondary N) is 3. The van der Waals surface area contributed by atoms with Crippen molar-refractivity contribution in [1.82, 2.24) is 20.0 Å². The average molecular weight is 284 g/mol. The standard InChI is InChI=1S/C11H16N4O3S/c1-8-10(5-9(18-8)6-12-2)19(16,17)15-7-11-13-3-4-14-11/h3-5,12,15H,6-7H2,1-2H3,(H,13,14). The van der Waals surface area contributed by atoms with E-state index in [-0.39, 0.29) is 11.4 Å². The predicted octanol–water partition coefficient (Wildman–Crippen LogP) is 0.509. The zero-order valence-electron chi connectivity index (χ0n) is 10.7. The number of aryl methyl sites for hydroxylation is 1. The van der Waals surface area contributed by atoms with Crippen molar-refractivity contribution in [1.29, 1.82) is 0 Å². The van der Waals surface area contributed by atoms with Crippen LogP contribution in [0.3, 0.4) is 0 Å². The van der Waals surface area contributed by atoms with Crippen LogP contribution in [0.5, 0.6) is 0 Å². The molecule has 19 heavy (non-hydrogen) atoms. The van der Waals surface area contributed by atoms with Gasteiger partial charge in [-0.1, -0.05) is 0 Å². The van der Waals surface area contributed by atoms with Crippen LogP contribution in [-0.4, -0.2) is 25.4 Å². The molecule has 3 N–H and O–H groups in total. The molecule has 0 bridgehead atoms. The van der Waals surface area contributed by atoms with E-state index in [9.17, 15) is 8.42 Å². The van der Waals surface area contributed by atoms with Crippen molar-refractivity contribution in [3.8, 4) is 0 Å². The lowest BCUT2D eigenvalue weighted by Gasteiger charge is -2.03. The molecule has 0 aromatic carbocycles. The van der Waals surface area contributed by atoms with Gasteiger partial charge in [0.1, 0.15) is 22.2 Å². The second kappa shape index (κ2) is 5.55. The first-order chi connectivity index (χ1) is 9.03. The Hall–Kier alpha value is -1.64. The van der Waals surface area contributed by atoms with Gasteiger partial charge in [0, 0.05) is 18.5 Å². The van der Waals surface area contributed by atoms with Crippen LogP contribution in [0, 0.1) is 6.92 Å². The molecule has 0 aliphatic heterocycles. The molecule has 8 heteroatoms. The minimum absolute atomic E-state index is 0.112. The highest BCUT2D eigenvalue weighted by molar-refractivity contribution is 7.89. The molecule has 0 spiro atoms. The fourth-order valence-corrected chi connectivity index (χ4v) is 2.88. The molecule has 104 valence electrons.